The fraction of sp³-hybridized carbons (Fsp3) is 1.00. The molecule has 0 aromatic carbocycles. The van der Waals surface area contributed by atoms with Crippen molar-refractivity contribution in [2.24, 2.45) is 0 Å². The third-order valence-electron chi connectivity index (χ3n) is 0.489. The third-order valence-corrected chi connectivity index (χ3v) is 1.47. The van der Waals surface area contributed by atoms with Crippen LogP contribution in [0.3, 0.4) is 0 Å². The van der Waals surface area contributed by atoms with Gasteiger partial charge in [0.25, 0.3) is 5.12 Å². The molecule has 0 rings (SSSR count). The van der Waals surface area contributed by atoms with Crippen LogP contribution in [0.5, 0.6) is 0 Å². The quantitative estimate of drug-likeness (QED) is 0.375. The predicted octanol–water partition coefficient (Wildman–Crippen LogP) is 1.04. The highest BCUT2D eigenvalue weighted by Gasteiger charge is 2.31. The van der Waals surface area contributed by atoms with Gasteiger partial charge in [0, 0.05) is 6.92 Å². The van der Waals surface area contributed by atoms with Gasteiger partial charge in [0.05, 0.1) is 3.23 Å². The maximum Gasteiger partial charge on any atom is 0.321 e. The standard InChI is InChI=1S/C3H6Br2.C2H6O5S/c1-3(2,4)5;1-2(3,4)8(5,6)7/h1-2H3;3-4H,1H3,(H,5,6,7). The summed E-state index contributed by atoms with van der Waals surface area (Å²) < 4.78 is 27.4. The summed E-state index contributed by atoms with van der Waals surface area (Å²) in [5.41, 5.74) is 0. The van der Waals surface area contributed by atoms with Crippen molar-refractivity contribution in [3.8, 4) is 0 Å². The molecular weight excluding hydrogens is 332 g/mol. The molecule has 0 heterocycles. The number of halogens is 2. The Bertz CT molecular complexity index is 229. The zero-order valence-electron chi connectivity index (χ0n) is 7.32. The van der Waals surface area contributed by atoms with Crippen molar-refractivity contribution < 1.29 is 23.2 Å². The van der Waals surface area contributed by atoms with Crippen molar-refractivity contribution in [3.63, 3.8) is 0 Å². The molecular formula is C5H12Br2O5S. The van der Waals surface area contributed by atoms with E-state index in [0.717, 1.165) is 0 Å². The number of rotatable bonds is 1. The normalized spacial score (nSPS) is 13.2. The lowest BCUT2D eigenvalue weighted by Gasteiger charge is -2.09. The molecule has 0 saturated carbocycles. The molecule has 0 aromatic heterocycles. The van der Waals surface area contributed by atoms with Crippen LogP contribution < -0.4 is 0 Å². The minimum Gasteiger partial charge on any atom is -0.352 e. The Balaban J connectivity index is 0. The lowest BCUT2D eigenvalue weighted by Crippen LogP contribution is -2.33. The first-order valence-electron chi connectivity index (χ1n) is 3.05. The van der Waals surface area contributed by atoms with Crippen molar-refractivity contribution >= 4 is 42.0 Å². The van der Waals surface area contributed by atoms with Gasteiger partial charge in [-0.05, 0) is 13.8 Å². The Labute approximate surface area is 94.2 Å². The first kappa shape index (κ1) is 16.2. The Morgan fingerprint density at radius 3 is 1.15 bits per heavy atom. The van der Waals surface area contributed by atoms with Gasteiger partial charge in [0.1, 0.15) is 0 Å². The highest BCUT2D eigenvalue weighted by atomic mass is 79.9. The second kappa shape index (κ2) is 5.04. The SMILES string of the molecule is CC(C)(Br)Br.CC(O)(O)S(=O)(=O)O. The Morgan fingerprint density at radius 2 is 1.15 bits per heavy atom. The molecule has 0 amide bonds. The van der Waals surface area contributed by atoms with Gasteiger partial charge in [-0.15, -0.1) is 0 Å². The first-order chi connectivity index (χ1) is 5.25. The van der Waals surface area contributed by atoms with E-state index in [0.29, 0.717) is 6.92 Å². The van der Waals surface area contributed by atoms with E-state index >= 15 is 0 Å². The van der Waals surface area contributed by atoms with Crippen molar-refractivity contribution in [2.75, 3.05) is 0 Å². The van der Waals surface area contributed by atoms with E-state index in [1.165, 1.54) is 0 Å². The fourth-order valence-corrected chi connectivity index (χ4v) is 0. The summed E-state index contributed by atoms with van der Waals surface area (Å²) in [5.74, 6) is 0. The lowest BCUT2D eigenvalue weighted by molar-refractivity contribution is -0.0743. The molecule has 0 unspecified atom stereocenters. The summed E-state index contributed by atoms with van der Waals surface area (Å²) in [4.78, 5) is 0. The maximum absolute atomic E-state index is 9.71. The van der Waals surface area contributed by atoms with Gasteiger partial charge >= 0.3 is 10.1 Å². The lowest BCUT2D eigenvalue weighted by atomic mass is 10.6. The van der Waals surface area contributed by atoms with Gasteiger partial charge in [0.2, 0.25) is 0 Å². The summed E-state index contributed by atoms with van der Waals surface area (Å²) in [7, 11) is -4.73. The average Bonchev–Trinajstić information content (AvgIpc) is 1.50. The van der Waals surface area contributed by atoms with E-state index in [4.69, 9.17) is 14.8 Å². The molecule has 13 heavy (non-hydrogen) atoms. The molecule has 82 valence electrons. The maximum atomic E-state index is 9.71. The van der Waals surface area contributed by atoms with Gasteiger partial charge in [-0.1, -0.05) is 31.9 Å². The molecule has 0 aromatic rings. The zero-order chi connectivity index (χ0) is 11.5. The zero-order valence-corrected chi connectivity index (χ0v) is 11.3. The van der Waals surface area contributed by atoms with Crippen LogP contribution >= 0.6 is 31.9 Å². The molecule has 0 saturated heterocycles. The monoisotopic (exact) mass is 342 g/mol. The minimum absolute atomic E-state index is 0.125. The van der Waals surface area contributed by atoms with Crippen molar-refractivity contribution in [3.05, 3.63) is 0 Å². The van der Waals surface area contributed by atoms with Crippen LogP contribution in [-0.2, 0) is 10.1 Å². The van der Waals surface area contributed by atoms with Gasteiger partial charge in [0.15, 0.2) is 0 Å². The summed E-state index contributed by atoms with van der Waals surface area (Å²) >= 11 is 6.58. The Morgan fingerprint density at radius 1 is 1.08 bits per heavy atom. The highest BCUT2D eigenvalue weighted by molar-refractivity contribution is 9.25. The Kier molecular flexibility index (Phi) is 6.29. The third kappa shape index (κ3) is 15.5. The van der Waals surface area contributed by atoms with Crippen LogP contribution in [0.25, 0.3) is 0 Å². The molecule has 5 nitrogen and oxygen atoms in total. The summed E-state index contributed by atoms with van der Waals surface area (Å²) in [6.07, 6.45) is 0. The van der Waals surface area contributed by atoms with Gasteiger partial charge in [-0.25, -0.2) is 0 Å². The van der Waals surface area contributed by atoms with Crippen molar-refractivity contribution in [2.45, 2.75) is 29.1 Å². The molecule has 0 radical (unpaired) electrons. The average molecular weight is 344 g/mol. The van der Waals surface area contributed by atoms with E-state index in [2.05, 4.69) is 31.9 Å². The summed E-state index contributed by atoms with van der Waals surface area (Å²) in [6, 6.07) is 0. The van der Waals surface area contributed by atoms with E-state index in [1.54, 1.807) is 0 Å². The van der Waals surface area contributed by atoms with Crippen LogP contribution in [0.1, 0.15) is 20.8 Å². The van der Waals surface area contributed by atoms with Crippen molar-refractivity contribution in [1.29, 1.82) is 0 Å². The topological polar surface area (TPSA) is 94.8 Å². The van der Waals surface area contributed by atoms with Crippen LogP contribution in [-0.4, -0.2) is 31.5 Å². The predicted molar refractivity (Wildman–Crippen MR) is 56.3 cm³/mol. The molecule has 0 bridgehead atoms. The van der Waals surface area contributed by atoms with Crippen LogP contribution in [0.4, 0.5) is 0 Å². The number of alkyl halides is 2. The minimum atomic E-state index is -4.73. The van der Waals surface area contributed by atoms with E-state index in [1.807, 2.05) is 13.8 Å². The number of hydrogen-bond donors (Lipinski definition) is 3. The van der Waals surface area contributed by atoms with Crippen LogP contribution in [0.15, 0.2) is 0 Å². The first-order valence-corrected chi connectivity index (χ1v) is 6.07. The van der Waals surface area contributed by atoms with Gasteiger partial charge in [-0.2, -0.15) is 8.42 Å². The molecule has 0 aliphatic rings. The van der Waals surface area contributed by atoms with Crippen LogP contribution in [0, 0.1) is 0 Å². The largest absolute Gasteiger partial charge is 0.352 e. The molecule has 0 atom stereocenters. The molecule has 8 heteroatoms. The molecule has 0 aliphatic carbocycles. The molecule has 0 aliphatic heterocycles. The Hall–Kier alpha value is 0.790. The van der Waals surface area contributed by atoms with Gasteiger partial charge in [-0.3, -0.25) is 4.55 Å². The smallest absolute Gasteiger partial charge is 0.321 e. The van der Waals surface area contributed by atoms with Gasteiger partial charge < -0.3 is 10.2 Å². The summed E-state index contributed by atoms with van der Waals surface area (Å²) in [5, 5.41) is 13.1. The fourth-order valence-electron chi connectivity index (χ4n) is 0. The number of aliphatic hydroxyl groups is 2. The summed E-state index contributed by atoms with van der Waals surface area (Å²) in [6.45, 7) is 4.59. The van der Waals surface area contributed by atoms with Crippen LogP contribution in [0.2, 0.25) is 0 Å². The number of hydrogen-bond acceptors (Lipinski definition) is 4. The molecule has 0 fully saturated rings. The van der Waals surface area contributed by atoms with E-state index in [-0.39, 0.29) is 3.23 Å². The second-order valence-electron chi connectivity index (χ2n) is 2.74. The molecule has 0 spiro atoms. The highest BCUT2D eigenvalue weighted by Crippen LogP contribution is 2.22. The van der Waals surface area contributed by atoms with E-state index in [9.17, 15) is 8.42 Å². The second-order valence-corrected chi connectivity index (χ2v) is 9.49. The molecule has 3 N–H and O–H groups in total. The van der Waals surface area contributed by atoms with Crippen molar-refractivity contribution in [1.82, 2.24) is 0 Å². The van der Waals surface area contributed by atoms with E-state index < -0.39 is 15.2 Å².